The Balaban J connectivity index is 0.00000624. The highest BCUT2D eigenvalue weighted by Crippen LogP contribution is 2.40. The van der Waals surface area contributed by atoms with E-state index in [1.54, 1.807) is 61.7 Å². The summed E-state index contributed by atoms with van der Waals surface area (Å²) < 4.78 is 64.3. The monoisotopic (exact) mass is 1180 g/mol. The number of hydrogen-bond donors (Lipinski definition) is 0. The lowest BCUT2D eigenvalue weighted by Crippen LogP contribution is -2.20. The van der Waals surface area contributed by atoms with Gasteiger partial charge in [-0.05, 0) is 207 Å². The summed E-state index contributed by atoms with van der Waals surface area (Å²) in [5.74, 6) is 6.04. The Morgan fingerprint density at radius 3 is 1.49 bits per heavy atom. The van der Waals surface area contributed by atoms with Crippen molar-refractivity contribution in [2.24, 2.45) is 0 Å². The first-order chi connectivity index (χ1) is 39.6. The van der Waals surface area contributed by atoms with Crippen molar-refractivity contribution in [1.29, 1.82) is 0 Å². The molecule has 6 rings (SSSR count). The van der Waals surface area contributed by atoms with Gasteiger partial charge < -0.3 is 28.4 Å². The highest BCUT2D eigenvalue weighted by Gasteiger charge is 2.27. The summed E-state index contributed by atoms with van der Waals surface area (Å²) in [6, 6.07) is 46.3. The SMILES string of the molecule is C=C/C(=C\C)OCCCCCOc1ccc(C(C)(C)c2ccc(Oc3ccc(S(=O)(=O)c4ccc(OC)cc4)cc3)c(CCC(C)c3cccc(OCCC[Si](C)(C)C)c3)c2)cc1CCC(C)c1cccc(OCCC[Si](C)(C)C)c1.[B]C. The summed E-state index contributed by atoms with van der Waals surface area (Å²) in [4.78, 5) is 0.388. The molecule has 0 amide bonds. The Morgan fingerprint density at radius 1 is 0.566 bits per heavy atom. The number of methoxy groups -OCH3 is 1. The summed E-state index contributed by atoms with van der Waals surface area (Å²) in [6.45, 7) is 33.7. The van der Waals surface area contributed by atoms with Crippen LogP contribution in [0.5, 0.6) is 34.5 Å². The van der Waals surface area contributed by atoms with Crippen molar-refractivity contribution < 1.29 is 36.8 Å². The molecule has 0 saturated carbocycles. The van der Waals surface area contributed by atoms with E-state index in [9.17, 15) is 8.42 Å². The molecule has 12 heteroatoms. The Labute approximate surface area is 504 Å². The second-order valence-corrected chi connectivity index (χ2v) is 37.9. The van der Waals surface area contributed by atoms with E-state index < -0.39 is 31.4 Å². The largest absolute Gasteiger partial charge is 0.497 e. The fourth-order valence-corrected chi connectivity index (χ4v) is 13.6. The molecule has 2 unspecified atom stereocenters. The van der Waals surface area contributed by atoms with E-state index >= 15 is 0 Å². The second kappa shape index (κ2) is 32.9. The smallest absolute Gasteiger partial charge is 0.206 e. The molecule has 83 heavy (non-hydrogen) atoms. The first kappa shape index (κ1) is 67.8. The number of benzene rings is 6. The maximum absolute atomic E-state index is 13.6. The minimum atomic E-state index is -3.76. The van der Waals surface area contributed by atoms with Gasteiger partial charge in [0.1, 0.15) is 40.3 Å². The minimum Gasteiger partial charge on any atom is -0.497 e. The quantitative estimate of drug-likeness (QED) is 0.0171. The summed E-state index contributed by atoms with van der Waals surface area (Å²) in [6.07, 6.45) is 12.1. The van der Waals surface area contributed by atoms with Crippen molar-refractivity contribution in [3.8, 4) is 34.5 Å². The zero-order valence-electron chi connectivity index (χ0n) is 52.6. The van der Waals surface area contributed by atoms with Crippen molar-refractivity contribution in [2.75, 3.05) is 33.5 Å². The number of rotatable bonds is 34. The highest BCUT2D eigenvalue weighted by molar-refractivity contribution is 7.91. The number of aryl methyl sites for hydroxylation is 2. The molecule has 0 aliphatic carbocycles. The standard InChI is InChI=1S/C70H94O8SSi2.CH3B/c1-14-61(15-2)74-43-17-16-18-44-77-68-41-31-59(49-57(68)29-27-53(3)55-23-19-25-64(51-55)75-45-21-47-80(8,9)10)70(5,6)60-32-42-69(78-63-35-39-67(40-36-63)79(71,72)66-37-33-62(73-7)34-38-66)58(50-60)30-28-54(4)56-24-20-26-65(52-56)76-46-22-48-81(11,12)13;1-2/h14-15,19-20,23-26,31-42,49-54H,1,16-18,21-22,27-30,43-48H2,2-13H3;1H3/b61-15+;. The van der Waals surface area contributed by atoms with Gasteiger partial charge in [-0.3, -0.25) is 0 Å². The average Bonchev–Trinajstić information content (AvgIpc) is 3.25. The third kappa shape index (κ3) is 21.9. The molecule has 6 aromatic rings. The van der Waals surface area contributed by atoms with Crippen molar-refractivity contribution >= 4 is 33.8 Å². The molecular weight excluding hydrogens is 1080 g/mol. The van der Waals surface area contributed by atoms with Crippen LogP contribution in [0.1, 0.15) is 125 Å². The molecule has 0 aliphatic heterocycles. The van der Waals surface area contributed by atoms with E-state index in [4.69, 9.17) is 28.4 Å². The topological polar surface area (TPSA) is 89.5 Å². The lowest BCUT2D eigenvalue weighted by atomic mass is 9.76. The third-order valence-electron chi connectivity index (χ3n) is 15.3. The normalized spacial score (nSPS) is 12.8. The van der Waals surface area contributed by atoms with Gasteiger partial charge in [-0.2, -0.15) is 0 Å². The van der Waals surface area contributed by atoms with Crippen LogP contribution in [0, 0.1) is 0 Å². The summed E-state index contributed by atoms with van der Waals surface area (Å²) >= 11 is 0. The summed E-state index contributed by atoms with van der Waals surface area (Å²) in [5.41, 5.74) is 6.78. The van der Waals surface area contributed by atoms with Crippen molar-refractivity contribution in [2.45, 2.75) is 178 Å². The van der Waals surface area contributed by atoms with Gasteiger partial charge in [0.2, 0.25) is 9.84 Å². The van der Waals surface area contributed by atoms with E-state index in [1.807, 2.05) is 13.0 Å². The van der Waals surface area contributed by atoms with E-state index in [-0.39, 0.29) is 15.7 Å². The van der Waals surface area contributed by atoms with Gasteiger partial charge in [-0.15, -0.1) is 0 Å². The van der Waals surface area contributed by atoms with Gasteiger partial charge in [-0.1, -0.05) is 141 Å². The molecule has 6 aromatic carbocycles. The molecule has 0 aliphatic rings. The number of hydrogen-bond acceptors (Lipinski definition) is 8. The molecule has 2 radical (unpaired) electrons. The predicted octanol–water partition coefficient (Wildman–Crippen LogP) is 19.2. The van der Waals surface area contributed by atoms with Crippen LogP contribution >= 0.6 is 0 Å². The van der Waals surface area contributed by atoms with Gasteiger partial charge in [0.25, 0.3) is 0 Å². The maximum Gasteiger partial charge on any atom is 0.206 e. The lowest BCUT2D eigenvalue weighted by molar-refractivity contribution is 0.212. The number of unbranched alkanes of at least 4 members (excludes halogenated alkanes) is 2. The summed E-state index contributed by atoms with van der Waals surface area (Å²) in [7, 11) is 0.0481. The number of allylic oxidation sites excluding steroid dienone is 2. The molecule has 0 aromatic heterocycles. The van der Waals surface area contributed by atoms with E-state index in [1.165, 1.54) is 46.7 Å². The molecule has 0 bridgehead atoms. The van der Waals surface area contributed by atoms with Gasteiger partial charge >= 0.3 is 0 Å². The van der Waals surface area contributed by atoms with Crippen LogP contribution in [0.4, 0.5) is 0 Å². The predicted molar refractivity (Wildman–Crippen MR) is 354 cm³/mol. The number of sulfone groups is 1. The van der Waals surface area contributed by atoms with E-state index in [0.29, 0.717) is 30.6 Å². The molecule has 0 spiro atoms. The Bertz CT molecular complexity index is 3070. The molecule has 0 heterocycles. The first-order valence-corrected chi connectivity index (χ1v) is 39.0. The zero-order valence-corrected chi connectivity index (χ0v) is 55.4. The van der Waals surface area contributed by atoms with Gasteiger partial charge in [0.15, 0.2) is 0 Å². The second-order valence-electron chi connectivity index (χ2n) is 24.7. The zero-order chi connectivity index (χ0) is 60.6. The third-order valence-corrected chi connectivity index (χ3v) is 20.8. The van der Waals surface area contributed by atoms with E-state index in [0.717, 1.165) is 105 Å². The van der Waals surface area contributed by atoms with E-state index in [2.05, 4.69) is 166 Å². The fraction of sp³-hybridized carbons (Fsp3) is 0.437. The average molecular weight is 1180 g/mol. The Kier molecular flexibility index (Phi) is 26.9. The van der Waals surface area contributed by atoms with Gasteiger partial charge in [-0.25, -0.2) is 8.42 Å². The van der Waals surface area contributed by atoms with Crippen LogP contribution in [0.25, 0.3) is 0 Å². The van der Waals surface area contributed by atoms with Crippen molar-refractivity contribution in [3.05, 3.63) is 191 Å². The van der Waals surface area contributed by atoms with Crippen LogP contribution in [-0.4, -0.2) is 65.9 Å². The maximum atomic E-state index is 13.6. The molecular formula is C71H97BO8SSi2. The highest BCUT2D eigenvalue weighted by atomic mass is 32.2. The summed E-state index contributed by atoms with van der Waals surface area (Å²) in [5, 5.41) is 0. The molecule has 2 atom stereocenters. The first-order valence-electron chi connectivity index (χ1n) is 30.1. The van der Waals surface area contributed by atoms with Crippen LogP contribution in [0.15, 0.2) is 168 Å². The minimum absolute atomic E-state index is 0.189. The van der Waals surface area contributed by atoms with Crippen LogP contribution < -0.4 is 23.7 Å². The molecule has 0 saturated heterocycles. The Hall–Kier alpha value is -5.95. The van der Waals surface area contributed by atoms with Gasteiger partial charge in [0, 0.05) is 21.6 Å². The molecule has 0 fully saturated rings. The van der Waals surface area contributed by atoms with Gasteiger partial charge in [0.05, 0.1) is 51.2 Å². The van der Waals surface area contributed by atoms with Crippen molar-refractivity contribution in [3.63, 3.8) is 0 Å². The van der Waals surface area contributed by atoms with Crippen LogP contribution in [0.3, 0.4) is 0 Å². The fourth-order valence-electron chi connectivity index (χ4n) is 9.94. The molecule has 0 N–H and O–H groups in total. The molecule has 446 valence electrons. The lowest BCUT2D eigenvalue weighted by Gasteiger charge is -2.29. The Morgan fingerprint density at radius 2 is 1.02 bits per heavy atom. The number of ether oxygens (including phenoxy) is 6. The molecule has 8 nitrogen and oxygen atoms in total. The van der Waals surface area contributed by atoms with Crippen molar-refractivity contribution in [1.82, 2.24) is 0 Å². The van der Waals surface area contributed by atoms with Crippen LogP contribution in [-0.2, 0) is 32.8 Å². The van der Waals surface area contributed by atoms with Crippen LogP contribution in [0.2, 0.25) is 58.2 Å².